The van der Waals surface area contributed by atoms with Gasteiger partial charge in [-0.15, -0.1) is 0 Å². The van der Waals surface area contributed by atoms with E-state index in [-0.39, 0.29) is 24.5 Å². The zero-order chi connectivity index (χ0) is 18.1. The third-order valence-electron chi connectivity index (χ3n) is 3.41. The van der Waals surface area contributed by atoms with Crippen molar-refractivity contribution in [1.82, 2.24) is 5.32 Å². The van der Waals surface area contributed by atoms with Crippen LogP contribution in [-0.4, -0.2) is 30.1 Å². The monoisotopic (exact) mass is 335 g/mol. The Bertz CT molecular complexity index is 542. The fourth-order valence-corrected chi connectivity index (χ4v) is 2.33. The van der Waals surface area contributed by atoms with E-state index < -0.39 is 12.1 Å². The summed E-state index contributed by atoms with van der Waals surface area (Å²) < 4.78 is 10.8. The molecular formula is C19H29NO4. The Kier molecular flexibility index (Phi) is 8.30. The largest absolute Gasteiger partial charge is 0.491 e. The van der Waals surface area contributed by atoms with Crippen molar-refractivity contribution in [2.45, 2.75) is 72.1 Å². The highest BCUT2D eigenvalue weighted by molar-refractivity contribution is 5.84. The highest BCUT2D eigenvalue weighted by Crippen LogP contribution is 2.16. The zero-order valence-electron chi connectivity index (χ0n) is 15.3. The van der Waals surface area contributed by atoms with Crippen LogP contribution in [0.15, 0.2) is 24.3 Å². The van der Waals surface area contributed by atoms with Gasteiger partial charge in [-0.2, -0.15) is 0 Å². The molecule has 0 heterocycles. The average molecular weight is 335 g/mol. The Balaban J connectivity index is 2.52. The number of carbonyl (C=O) groups excluding carboxylic acids is 2. The van der Waals surface area contributed by atoms with E-state index in [1.807, 2.05) is 45.0 Å². The van der Waals surface area contributed by atoms with Gasteiger partial charge in [-0.05, 0) is 51.8 Å². The summed E-state index contributed by atoms with van der Waals surface area (Å²) in [4.78, 5) is 24.0. The summed E-state index contributed by atoms with van der Waals surface area (Å²) in [6.07, 6.45) is 1.27. The van der Waals surface area contributed by atoms with E-state index in [4.69, 9.17) is 9.47 Å². The molecule has 1 amide bonds. The molecule has 0 aliphatic rings. The van der Waals surface area contributed by atoms with Crippen molar-refractivity contribution in [3.63, 3.8) is 0 Å². The maximum atomic E-state index is 12.0. The van der Waals surface area contributed by atoms with Gasteiger partial charge >= 0.3 is 5.97 Å². The normalized spacial score (nSPS) is 13.2. The third-order valence-corrected chi connectivity index (χ3v) is 3.41. The van der Waals surface area contributed by atoms with E-state index in [1.165, 1.54) is 0 Å². The maximum Gasteiger partial charge on any atom is 0.311 e. The van der Waals surface area contributed by atoms with Gasteiger partial charge in [0.25, 0.3) is 5.91 Å². The molecule has 0 aromatic heterocycles. The van der Waals surface area contributed by atoms with Crippen molar-refractivity contribution in [1.29, 1.82) is 0 Å². The molecule has 0 radical (unpaired) electrons. The predicted molar refractivity (Wildman–Crippen MR) is 94.0 cm³/mol. The van der Waals surface area contributed by atoms with Gasteiger partial charge in [0.2, 0.25) is 0 Å². The molecule has 0 fully saturated rings. The molecule has 0 saturated carbocycles. The smallest absolute Gasteiger partial charge is 0.311 e. The van der Waals surface area contributed by atoms with Crippen LogP contribution in [0.25, 0.3) is 0 Å². The first-order valence-corrected chi connectivity index (χ1v) is 8.57. The fourth-order valence-electron chi connectivity index (χ4n) is 2.33. The number of carbonyl (C=O) groups is 2. The molecular weight excluding hydrogens is 306 g/mol. The Labute approximate surface area is 144 Å². The molecule has 1 aromatic rings. The van der Waals surface area contributed by atoms with Crippen molar-refractivity contribution >= 4 is 11.9 Å². The van der Waals surface area contributed by atoms with Crippen LogP contribution in [0.4, 0.5) is 0 Å². The number of benzene rings is 1. The summed E-state index contributed by atoms with van der Waals surface area (Å²) in [5.74, 6) is 0.0261. The SMILES string of the molecule is CCCC(C)NC(=O)C(C)OC(=O)Cc1cccc(OC(C)C)c1. The predicted octanol–water partition coefficient (Wildman–Crippen LogP) is 3.25. The van der Waals surface area contributed by atoms with Gasteiger partial charge in [-0.1, -0.05) is 25.5 Å². The van der Waals surface area contributed by atoms with E-state index in [0.29, 0.717) is 0 Å². The zero-order valence-corrected chi connectivity index (χ0v) is 15.3. The summed E-state index contributed by atoms with van der Waals surface area (Å²) in [6, 6.07) is 7.41. The summed E-state index contributed by atoms with van der Waals surface area (Å²) in [5, 5.41) is 2.84. The second kappa shape index (κ2) is 9.96. The molecule has 5 nitrogen and oxygen atoms in total. The van der Waals surface area contributed by atoms with Gasteiger partial charge in [0.05, 0.1) is 12.5 Å². The maximum absolute atomic E-state index is 12.0. The molecule has 1 N–H and O–H groups in total. The fraction of sp³-hybridized carbons (Fsp3) is 0.579. The van der Waals surface area contributed by atoms with Crippen LogP contribution in [0.5, 0.6) is 5.75 Å². The van der Waals surface area contributed by atoms with Gasteiger partial charge in [0, 0.05) is 6.04 Å². The number of hydrogen-bond acceptors (Lipinski definition) is 4. The lowest BCUT2D eigenvalue weighted by molar-refractivity contribution is -0.154. The highest BCUT2D eigenvalue weighted by atomic mass is 16.5. The molecule has 0 bridgehead atoms. The van der Waals surface area contributed by atoms with E-state index in [9.17, 15) is 9.59 Å². The van der Waals surface area contributed by atoms with Crippen LogP contribution < -0.4 is 10.1 Å². The number of amides is 1. The van der Waals surface area contributed by atoms with E-state index in [0.717, 1.165) is 24.2 Å². The molecule has 1 rings (SSSR count). The summed E-state index contributed by atoms with van der Waals surface area (Å²) in [6.45, 7) is 9.48. The Morgan fingerprint density at radius 2 is 1.88 bits per heavy atom. The van der Waals surface area contributed by atoms with Gasteiger partial charge in [-0.25, -0.2) is 0 Å². The molecule has 0 aliphatic carbocycles. The second-order valence-electron chi connectivity index (χ2n) is 6.32. The topological polar surface area (TPSA) is 64.6 Å². The van der Waals surface area contributed by atoms with Crippen LogP contribution >= 0.6 is 0 Å². The molecule has 1 aromatic carbocycles. The van der Waals surface area contributed by atoms with Crippen LogP contribution in [-0.2, 0) is 20.7 Å². The molecule has 5 heteroatoms. The van der Waals surface area contributed by atoms with E-state index in [2.05, 4.69) is 12.2 Å². The van der Waals surface area contributed by atoms with Crippen molar-refractivity contribution in [2.75, 3.05) is 0 Å². The van der Waals surface area contributed by atoms with Gasteiger partial charge < -0.3 is 14.8 Å². The summed E-state index contributed by atoms with van der Waals surface area (Å²) >= 11 is 0. The number of hydrogen-bond donors (Lipinski definition) is 1. The number of esters is 1. The minimum Gasteiger partial charge on any atom is -0.491 e. The standard InChI is InChI=1S/C19H29NO4/c1-6-8-14(4)20-19(22)15(5)24-18(21)12-16-9-7-10-17(11-16)23-13(2)3/h7,9-11,13-15H,6,8,12H2,1-5H3,(H,20,22). The van der Waals surface area contributed by atoms with Crippen molar-refractivity contribution in [2.24, 2.45) is 0 Å². The number of nitrogens with one attached hydrogen (secondary N) is 1. The lowest BCUT2D eigenvalue weighted by Crippen LogP contribution is -2.40. The first-order valence-electron chi connectivity index (χ1n) is 8.57. The first-order chi connectivity index (χ1) is 11.3. The first kappa shape index (κ1) is 20.0. The van der Waals surface area contributed by atoms with E-state index in [1.54, 1.807) is 6.92 Å². The minimum atomic E-state index is -0.799. The minimum absolute atomic E-state index is 0.0704. The van der Waals surface area contributed by atoms with Gasteiger partial charge in [-0.3, -0.25) is 9.59 Å². The molecule has 0 saturated heterocycles. The van der Waals surface area contributed by atoms with Crippen molar-refractivity contribution in [3.8, 4) is 5.75 Å². The Morgan fingerprint density at radius 3 is 2.50 bits per heavy atom. The Morgan fingerprint density at radius 1 is 1.17 bits per heavy atom. The number of ether oxygens (including phenoxy) is 2. The summed E-state index contributed by atoms with van der Waals surface area (Å²) in [5.41, 5.74) is 0.796. The molecule has 134 valence electrons. The van der Waals surface area contributed by atoms with Crippen molar-refractivity contribution in [3.05, 3.63) is 29.8 Å². The van der Waals surface area contributed by atoms with E-state index >= 15 is 0 Å². The molecule has 0 aliphatic heterocycles. The quantitative estimate of drug-likeness (QED) is 0.704. The molecule has 0 spiro atoms. The van der Waals surface area contributed by atoms with Crippen LogP contribution in [0, 0.1) is 0 Å². The molecule has 2 unspecified atom stereocenters. The summed E-state index contributed by atoms with van der Waals surface area (Å²) in [7, 11) is 0. The van der Waals surface area contributed by atoms with Crippen molar-refractivity contribution < 1.29 is 19.1 Å². The second-order valence-corrected chi connectivity index (χ2v) is 6.32. The molecule has 24 heavy (non-hydrogen) atoms. The number of rotatable bonds is 9. The average Bonchev–Trinajstić information content (AvgIpc) is 2.46. The highest BCUT2D eigenvalue weighted by Gasteiger charge is 2.19. The van der Waals surface area contributed by atoms with Gasteiger partial charge in [0.15, 0.2) is 6.10 Å². The lowest BCUT2D eigenvalue weighted by Gasteiger charge is -2.17. The van der Waals surface area contributed by atoms with Crippen LogP contribution in [0.1, 0.15) is 53.0 Å². The van der Waals surface area contributed by atoms with Crippen LogP contribution in [0.2, 0.25) is 0 Å². The van der Waals surface area contributed by atoms with Gasteiger partial charge in [0.1, 0.15) is 5.75 Å². The lowest BCUT2D eigenvalue weighted by atomic mass is 10.1. The van der Waals surface area contributed by atoms with Crippen LogP contribution in [0.3, 0.4) is 0 Å². The third kappa shape index (κ3) is 7.49. The molecule has 2 atom stereocenters. The Hall–Kier alpha value is -2.04.